The van der Waals surface area contributed by atoms with Gasteiger partial charge in [0, 0.05) is 19.2 Å². The largest absolute Gasteiger partial charge is 0.378 e. The van der Waals surface area contributed by atoms with Gasteiger partial charge in [0.05, 0.1) is 6.10 Å². The first-order valence-corrected chi connectivity index (χ1v) is 6.45. The fourth-order valence-corrected chi connectivity index (χ4v) is 2.18. The zero-order valence-corrected chi connectivity index (χ0v) is 11.0. The molecule has 6 heteroatoms. The van der Waals surface area contributed by atoms with Gasteiger partial charge in [-0.1, -0.05) is 11.6 Å². The van der Waals surface area contributed by atoms with Gasteiger partial charge in [-0.05, 0) is 31.7 Å². The fourth-order valence-electron chi connectivity index (χ4n) is 2.05. The predicted molar refractivity (Wildman–Crippen MR) is 68.4 cm³/mol. The lowest BCUT2D eigenvalue weighted by Crippen LogP contribution is -2.34. The van der Waals surface area contributed by atoms with Gasteiger partial charge in [0.1, 0.15) is 5.15 Å². The van der Waals surface area contributed by atoms with Crippen molar-refractivity contribution in [1.29, 1.82) is 0 Å². The first-order valence-electron chi connectivity index (χ1n) is 6.07. The average molecular weight is 270 g/mol. The number of carbonyl (C=O) groups excluding carboxylic acids is 1. The SMILES string of the molecule is CCOC1CC(CC(=O)Nc2nccc(Cl)n2)C1. The molecule has 0 spiro atoms. The van der Waals surface area contributed by atoms with Crippen LogP contribution in [0.3, 0.4) is 0 Å². The van der Waals surface area contributed by atoms with Gasteiger partial charge < -0.3 is 4.74 Å². The lowest BCUT2D eigenvalue weighted by Gasteiger charge is -2.34. The van der Waals surface area contributed by atoms with Gasteiger partial charge in [0.25, 0.3) is 0 Å². The Morgan fingerprint density at radius 3 is 3.06 bits per heavy atom. The highest BCUT2D eigenvalue weighted by atomic mass is 35.5. The Kier molecular flexibility index (Phi) is 4.49. The average Bonchev–Trinajstić information content (AvgIpc) is 2.26. The van der Waals surface area contributed by atoms with Gasteiger partial charge in [0.2, 0.25) is 11.9 Å². The summed E-state index contributed by atoms with van der Waals surface area (Å²) < 4.78 is 5.45. The number of hydrogen-bond donors (Lipinski definition) is 1. The summed E-state index contributed by atoms with van der Waals surface area (Å²) in [6.45, 7) is 2.72. The Labute approximate surface area is 111 Å². The highest BCUT2D eigenvalue weighted by Crippen LogP contribution is 2.32. The number of anilines is 1. The van der Waals surface area contributed by atoms with Crippen LogP contribution in [0.15, 0.2) is 12.3 Å². The Hall–Kier alpha value is -1.20. The van der Waals surface area contributed by atoms with Crippen LogP contribution in [0.25, 0.3) is 0 Å². The lowest BCUT2D eigenvalue weighted by molar-refractivity contribution is -0.119. The van der Waals surface area contributed by atoms with Crippen LogP contribution in [-0.2, 0) is 9.53 Å². The maximum atomic E-state index is 11.7. The highest BCUT2D eigenvalue weighted by molar-refractivity contribution is 6.29. The molecule has 0 bridgehead atoms. The van der Waals surface area contributed by atoms with E-state index < -0.39 is 0 Å². The Morgan fingerprint density at radius 2 is 2.39 bits per heavy atom. The van der Waals surface area contributed by atoms with E-state index in [9.17, 15) is 4.79 Å². The number of halogens is 1. The van der Waals surface area contributed by atoms with Crippen molar-refractivity contribution in [3.8, 4) is 0 Å². The van der Waals surface area contributed by atoms with Gasteiger partial charge in [-0.3, -0.25) is 10.1 Å². The number of nitrogens with one attached hydrogen (secondary N) is 1. The third kappa shape index (κ3) is 3.65. The molecule has 1 aromatic heterocycles. The zero-order valence-electron chi connectivity index (χ0n) is 10.2. The molecule has 0 atom stereocenters. The van der Waals surface area contributed by atoms with Crippen molar-refractivity contribution in [2.75, 3.05) is 11.9 Å². The second-order valence-electron chi connectivity index (χ2n) is 4.37. The van der Waals surface area contributed by atoms with Crippen molar-refractivity contribution in [2.24, 2.45) is 5.92 Å². The molecular weight excluding hydrogens is 254 g/mol. The molecule has 5 nitrogen and oxygen atoms in total. The van der Waals surface area contributed by atoms with Crippen molar-refractivity contribution in [3.63, 3.8) is 0 Å². The number of rotatable bonds is 5. The zero-order chi connectivity index (χ0) is 13.0. The Bertz CT molecular complexity index is 422. The molecule has 98 valence electrons. The number of aromatic nitrogens is 2. The minimum absolute atomic E-state index is 0.0720. The minimum Gasteiger partial charge on any atom is -0.378 e. The van der Waals surface area contributed by atoms with Crippen LogP contribution in [-0.4, -0.2) is 28.6 Å². The van der Waals surface area contributed by atoms with Crippen molar-refractivity contribution < 1.29 is 9.53 Å². The molecule has 0 aliphatic heterocycles. The van der Waals surface area contributed by atoms with Gasteiger partial charge in [0.15, 0.2) is 0 Å². The molecule has 0 unspecified atom stereocenters. The maximum Gasteiger partial charge on any atom is 0.230 e. The predicted octanol–water partition coefficient (Wildman–Crippen LogP) is 2.27. The van der Waals surface area contributed by atoms with Crippen molar-refractivity contribution in [1.82, 2.24) is 9.97 Å². The van der Waals surface area contributed by atoms with Gasteiger partial charge in [-0.2, -0.15) is 0 Å². The summed E-state index contributed by atoms with van der Waals surface area (Å²) in [5.74, 6) is 0.589. The van der Waals surface area contributed by atoms with E-state index in [0.717, 1.165) is 19.4 Å². The van der Waals surface area contributed by atoms with E-state index in [1.54, 1.807) is 6.07 Å². The molecule has 1 fully saturated rings. The van der Waals surface area contributed by atoms with Crippen molar-refractivity contribution >= 4 is 23.5 Å². The van der Waals surface area contributed by atoms with E-state index in [2.05, 4.69) is 15.3 Å². The molecule has 1 N–H and O–H groups in total. The van der Waals surface area contributed by atoms with Crippen LogP contribution < -0.4 is 5.32 Å². The molecule has 18 heavy (non-hydrogen) atoms. The third-order valence-electron chi connectivity index (χ3n) is 2.94. The van der Waals surface area contributed by atoms with Crippen LogP contribution >= 0.6 is 11.6 Å². The molecule has 0 aromatic carbocycles. The normalized spacial score (nSPS) is 22.3. The highest BCUT2D eigenvalue weighted by Gasteiger charge is 2.31. The van der Waals surface area contributed by atoms with E-state index in [-0.39, 0.29) is 11.9 Å². The van der Waals surface area contributed by atoms with Crippen molar-refractivity contribution in [2.45, 2.75) is 32.3 Å². The van der Waals surface area contributed by atoms with Crippen LogP contribution in [0.1, 0.15) is 26.2 Å². The summed E-state index contributed by atoms with van der Waals surface area (Å²) in [6.07, 6.45) is 4.24. The summed E-state index contributed by atoms with van der Waals surface area (Å²) in [7, 11) is 0. The summed E-state index contributed by atoms with van der Waals surface area (Å²) in [6, 6.07) is 1.57. The number of amides is 1. The minimum atomic E-state index is -0.0720. The molecule has 1 aliphatic rings. The summed E-state index contributed by atoms with van der Waals surface area (Å²) in [5.41, 5.74) is 0. The molecule has 1 saturated carbocycles. The Morgan fingerprint density at radius 1 is 1.61 bits per heavy atom. The summed E-state index contributed by atoms with van der Waals surface area (Å²) >= 11 is 5.71. The monoisotopic (exact) mass is 269 g/mol. The molecule has 0 radical (unpaired) electrons. The lowest BCUT2D eigenvalue weighted by atomic mass is 9.80. The van der Waals surface area contributed by atoms with E-state index in [0.29, 0.717) is 23.6 Å². The Balaban J connectivity index is 1.73. The second kappa shape index (κ2) is 6.11. The smallest absolute Gasteiger partial charge is 0.230 e. The first-order chi connectivity index (χ1) is 8.67. The molecule has 0 saturated heterocycles. The molecule has 1 heterocycles. The molecular formula is C12H16ClN3O2. The van der Waals surface area contributed by atoms with E-state index in [4.69, 9.17) is 16.3 Å². The second-order valence-corrected chi connectivity index (χ2v) is 4.76. The molecule has 2 rings (SSSR count). The van der Waals surface area contributed by atoms with Crippen LogP contribution in [0.4, 0.5) is 5.95 Å². The van der Waals surface area contributed by atoms with Crippen molar-refractivity contribution in [3.05, 3.63) is 17.4 Å². The molecule has 1 aromatic rings. The standard InChI is InChI=1S/C12H16ClN3O2/c1-2-18-9-5-8(6-9)7-11(17)16-12-14-4-3-10(13)15-12/h3-4,8-9H,2,5-7H2,1H3,(H,14,15,16,17). The number of carbonyl (C=O) groups is 1. The molecule has 1 aliphatic carbocycles. The number of hydrogen-bond acceptors (Lipinski definition) is 4. The van der Waals surface area contributed by atoms with Crippen LogP contribution in [0, 0.1) is 5.92 Å². The van der Waals surface area contributed by atoms with Gasteiger partial charge >= 0.3 is 0 Å². The number of nitrogens with zero attached hydrogens (tertiary/aromatic N) is 2. The van der Waals surface area contributed by atoms with Crippen LogP contribution in [0.2, 0.25) is 5.15 Å². The summed E-state index contributed by atoms with van der Waals surface area (Å²) in [5, 5.41) is 2.96. The van der Waals surface area contributed by atoms with Gasteiger partial charge in [-0.15, -0.1) is 0 Å². The van der Waals surface area contributed by atoms with E-state index in [1.807, 2.05) is 6.92 Å². The maximum absolute atomic E-state index is 11.7. The van der Waals surface area contributed by atoms with Gasteiger partial charge in [-0.25, -0.2) is 9.97 Å². The van der Waals surface area contributed by atoms with E-state index in [1.165, 1.54) is 6.20 Å². The quantitative estimate of drug-likeness (QED) is 0.833. The molecule has 1 amide bonds. The topological polar surface area (TPSA) is 64.1 Å². The summed E-state index contributed by atoms with van der Waals surface area (Å²) in [4.78, 5) is 19.5. The first kappa shape index (κ1) is 13.2. The fraction of sp³-hybridized carbons (Fsp3) is 0.583. The third-order valence-corrected chi connectivity index (χ3v) is 3.15. The van der Waals surface area contributed by atoms with E-state index >= 15 is 0 Å². The number of ether oxygens (including phenoxy) is 1. The van der Waals surface area contributed by atoms with Crippen LogP contribution in [0.5, 0.6) is 0 Å².